The van der Waals surface area contributed by atoms with E-state index in [0.717, 1.165) is 102 Å². The maximum absolute atomic E-state index is 11.7. The molecule has 0 radical (unpaired) electrons. The van der Waals surface area contributed by atoms with E-state index in [-0.39, 0.29) is 12.4 Å². The number of aromatic nitrogens is 6. The average molecular weight is 828 g/mol. The number of hydrogen-bond acceptors (Lipinski definition) is 13. The molecule has 312 valence electrons. The van der Waals surface area contributed by atoms with Gasteiger partial charge in [-0.1, -0.05) is 43.0 Å². The van der Waals surface area contributed by atoms with Crippen LogP contribution in [0.15, 0.2) is 134 Å². The zero-order chi connectivity index (χ0) is 42.0. The van der Waals surface area contributed by atoms with Gasteiger partial charge in [-0.05, 0) is 86.6 Å². The van der Waals surface area contributed by atoms with Crippen molar-refractivity contribution in [2.75, 3.05) is 87.8 Å². The summed E-state index contributed by atoms with van der Waals surface area (Å²) in [6.07, 6.45) is 3.54. The maximum Gasteiger partial charge on any atom is 0.173 e. The number of rotatable bonds is 24. The number of sulfone groups is 1. The molecule has 0 aromatic carbocycles. The van der Waals surface area contributed by atoms with Crippen LogP contribution >= 0.6 is 0 Å². The number of ether oxygens (including phenoxy) is 2. The van der Waals surface area contributed by atoms with E-state index in [2.05, 4.69) is 45.1 Å². The Morgan fingerprint density at radius 1 is 0.500 bits per heavy atom. The first kappa shape index (κ1) is 43.6. The minimum absolute atomic E-state index is 0.0935. The van der Waals surface area contributed by atoms with Crippen LogP contribution in [0.3, 0.4) is 0 Å². The van der Waals surface area contributed by atoms with Crippen molar-refractivity contribution in [2.45, 2.75) is 13.8 Å². The van der Waals surface area contributed by atoms with E-state index < -0.39 is 9.84 Å². The second-order valence-corrected chi connectivity index (χ2v) is 15.8. The Bertz CT molecular complexity index is 2220. The monoisotopic (exact) mass is 827 g/mol. The third-order valence-corrected chi connectivity index (χ3v) is 11.1. The van der Waals surface area contributed by atoms with Gasteiger partial charge in [-0.15, -0.1) is 0 Å². The van der Waals surface area contributed by atoms with Crippen molar-refractivity contribution in [2.24, 2.45) is 0 Å². The highest BCUT2D eigenvalue weighted by Gasteiger charge is 2.16. The zero-order valence-corrected chi connectivity index (χ0v) is 35.2. The van der Waals surface area contributed by atoms with Gasteiger partial charge in [-0.3, -0.25) is 14.9 Å². The SMILES string of the molecule is C=CS(=O)(=O)CCOCCOCCN(CCN(CC)c1cccc(-c2cccc(-c3ccccn3)n2)n1)CCN(CC)c1cccc(-c2cccc(-c3ccccn3)n2)n1. The van der Waals surface area contributed by atoms with Crippen LogP contribution in [0.25, 0.3) is 45.6 Å². The molecule has 13 nitrogen and oxygen atoms in total. The van der Waals surface area contributed by atoms with E-state index in [4.69, 9.17) is 29.4 Å². The van der Waals surface area contributed by atoms with Gasteiger partial charge in [0.1, 0.15) is 11.6 Å². The van der Waals surface area contributed by atoms with Crippen LogP contribution in [-0.2, 0) is 19.3 Å². The summed E-state index contributed by atoms with van der Waals surface area (Å²) in [5.74, 6) is 1.66. The van der Waals surface area contributed by atoms with Crippen molar-refractivity contribution in [1.29, 1.82) is 0 Å². The first-order valence-corrected chi connectivity index (χ1v) is 22.0. The van der Waals surface area contributed by atoms with Gasteiger partial charge in [-0.2, -0.15) is 0 Å². The molecule has 6 heterocycles. The highest BCUT2D eigenvalue weighted by molar-refractivity contribution is 7.94. The summed E-state index contributed by atoms with van der Waals surface area (Å²) >= 11 is 0. The molecule has 14 heteroatoms. The first-order chi connectivity index (χ1) is 29.4. The molecule has 60 heavy (non-hydrogen) atoms. The number of nitrogens with zero attached hydrogens (tertiary/aromatic N) is 9. The predicted octanol–water partition coefficient (Wildman–Crippen LogP) is 6.97. The van der Waals surface area contributed by atoms with E-state index in [0.29, 0.717) is 26.4 Å². The summed E-state index contributed by atoms with van der Waals surface area (Å²) < 4.78 is 34.8. The minimum atomic E-state index is -3.29. The van der Waals surface area contributed by atoms with Crippen LogP contribution in [0.1, 0.15) is 13.8 Å². The Kier molecular flexibility index (Phi) is 16.3. The second-order valence-electron chi connectivity index (χ2n) is 13.8. The van der Waals surface area contributed by atoms with Gasteiger partial charge in [0, 0.05) is 63.6 Å². The molecule has 0 aliphatic rings. The fourth-order valence-electron chi connectivity index (χ4n) is 6.46. The third-order valence-electron chi connectivity index (χ3n) is 9.82. The van der Waals surface area contributed by atoms with Gasteiger partial charge >= 0.3 is 0 Å². The highest BCUT2D eigenvalue weighted by atomic mass is 32.2. The average Bonchev–Trinajstić information content (AvgIpc) is 3.30. The molecule has 0 bridgehead atoms. The van der Waals surface area contributed by atoms with Gasteiger partial charge in [-0.25, -0.2) is 28.4 Å². The molecule has 0 fully saturated rings. The van der Waals surface area contributed by atoms with E-state index in [9.17, 15) is 8.42 Å². The minimum Gasteiger partial charge on any atom is -0.378 e. The lowest BCUT2D eigenvalue weighted by atomic mass is 10.2. The van der Waals surface area contributed by atoms with Crippen LogP contribution in [0.2, 0.25) is 0 Å². The highest BCUT2D eigenvalue weighted by Crippen LogP contribution is 2.24. The summed E-state index contributed by atoms with van der Waals surface area (Å²) in [4.78, 5) is 35.8. The Balaban J connectivity index is 1.12. The molecule has 0 spiro atoms. The van der Waals surface area contributed by atoms with E-state index >= 15 is 0 Å². The summed E-state index contributed by atoms with van der Waals surface area (Å²) in [5.41, 5.74) is 6.39. The molecular weight excluding hydrogens is 775 g/mol. The van der Waals surface area contributed by atoms with Crippen LogP contribution in [-0.4, -0.2) is 121 Å². The normalized spacial score (nSPS) is 11.4. The topological polar surface area (TPSA) is 140 Å². The third kappa shape index (κ3) is 12.8. The maximum atomic E-state index is 11.7. The van der Waals surface area contributed by atoms with Crippen molar-refractivity contribution in [3.05, 3.63) is 134 Å². The molecule has 0 saturated heterocycles. The van der Waals surface area contributed by atoms with Gasteiger partial charge in [0.05, 0.1) is 77.7 Å². The van der Waals surface area contributed by atoms with E-state index in [1.807, 2.05) is 109 Å². The Morgan fingerprint density at radius 2 is 0.917 bits per heavy atom. The molecular formula is C46H53N9O4S. The fourth-order valence-corrected chi connectivity index (χ4v) is 6.97. The van der Waals surface area contributed by atoms with Crippen molar-refractivity contribution in [3.63, 3.8) is 0 Å². The van der Waals surface area contributed by atoms with Crippen molar-refractivity contribution in [3.8, 4) is 45.6 Å². The Hall–Kier alpha value is -5.93. The van der Waals surface area contributed by atoms with E-state index in [1.165, 1.54) is 0 Å². The molecule has 0 aliphatic carbocycles. The molecule has 0 aliphatic heterocycles. The van der Waals surface area contributed by atoms with Crippen LogP contribution < -0.4 is 9.80 Å². The molecule has 0 N–H and O–H groups in total. The standard InChI is InChI=1S/C46H53N9O4S/c1-4-54(45-23-13-21-43(51-45)41-19-11-17-39(49-41)37-15-7-9-25-47-37)29-27-53(31-32-58-33-34-59-35-36-60(56,57)6-3)28-30-55(5-2)46-24-14-22-44(52-46)42-20-12-18-40(50-42)38-16-8-10-26-48-38/h6-26H,3-5,27-36H2,1-2H3. The van der Waals surface area contributed by atoms with Crippen LogP contribution in [0.5, 0.6) is 0 Å². The Labute approximate surface area is 353 Å². The lowest BCUT2D eigenvalue weighted by Crippen LogP contribution is -2.41. The van der Waals surface area contributed by atoms with Gasteiger partial charge in [0.25, 0.3) is 0 Å². The summed E-state index contributed by atoms with van der Waals surface area (Å²) in [7, 11) is -3.29. The Morgan fingerprint density at radius 3 is 1.35 bits per heavy atom. The quantitative estimate of drug-likeness (QED) is 0.0581. The lowest BCUT2D eigenvalue weighted by Gasteiger charge is -2.30. The predicted molar refractivity (Wildman–Crippen MR) is 239 cm³/mol. The molecule has 0 saturated carbocycles. The second kappa shape index (κ2) is 22.4. The molecule has 0 unspecified atom stereocenters. The first-order valence-electron chi connectivity index (χ1n) is 20.3. The smallest absolute Gasteiger partial charge is 0.173 e. The van der Waals surface area contributed by atoms with Crippen molar-refractivity contribution < 1.29 is 17.9 Å². The largest absolute Gasteiger partial charge is 0.378 e. The summed E-state index contributed by atoms with van der Waals surface area (Å²) in [6.45, 7) is 14.1. The van der Waals surface area contributed by atoms with Gasteiger partial charge in [0.2, 0.25) is 0 Å². The van der Waals surface area contributed by atoms with Crippen LogP contribution in [0, 0.1) is 0 Å². The summed E-state index contributed by atoms with van der Waals surface area (Å²) in [5, 5.41) is 0.959. The number of anilines is 2. The zero-order valence-electron chi connectivity index (χ0n) is 34.4. The van der Waals surface area contributed by atoms with Gasteiger partial charge in [0.15, 0.2) is 9.84 Å². The number of hydrogen-bond donors (Lipinski definition) is 0. The number of pyridine rings is 6. The van der Waals surface area contributed by atoms with Gasteiger partial charge < -0.3 is 19.3 Å². The molecule has 6 aromatic heterocycles. The molecule has 0 atom stereocenters. The van der Waals surface area contributed by atoms with Crippen molar-refractivity contribution >= 4 is 21.5 Å². The lowest BCUT2D eigenvalue weighted by molar-refractivity contribution is 0.0439. The van der Waals surface area contributed by atoms with E-state index in [1.54, 1.807) is 12.4 Å². The number of likely N-dealkylation sites (N-methyl/N-ethyl adjacent to an activating group) is 2. The molecule has 0 amide bonds. The van der Waals surface area contributed by atoms with Crippen molar-refractivity contribution in [1.82, 2.24) is 34.8 Å². The molecule has 6 aromatic rings. The summed E-state index contributed by atoms with van der Waals surface area (Å²) in [6, 6.07) is 35.6. The van der Waals surface area contributed by atoms with Crippen LogP contribution in [0.4, 0.5) is 11.6 Å². The fraction of sp³-hybridized carbons (Fsp3) is 0.304. The molecule has 6 rings (SSSR count).